The van der Waals surface area contributed by atoms with Crippen LogP contribution in [0.25, 0.3) is 0 Å². The molecule has 0 amide bonds. The van der Waals surface area contributed by atoms with Crippen molar-refractivity contribution in [2.75, 3.05) is 0 Å². The van der Waals surface area contributed by atoms with Crippen molar-refractivity contribution in [3.63, 3.8) is 0 Å². The number of Topliss-reactive ketones (excluding diaryl/α,β-unsaturated/α-hetero) is 1. The highest BCUT2D eigenvalue weighted by Crippen LogP contribution is 2.23. The van der Waals surface area contributed by atoms with Crippen LogP contribution in [0.3, 0.4) is 0 Å². The van der Waals surface area contributed by atoms with E-state index in [1.807, 2.05) is 0 Å². The minimum atomic E-state index is -4.94. The molecule has 6 heteroatoms. The summed E-state index contributed by atoms with van der Waals surface area (Å²) in [6.45, 7) is 0. The Hall–Kier alpha value is -1.07. The number of halogens is 3. The Labute approximate surface area is 78.2 Å². The zero-order valence-electron chi connectivity index (χ0n) is 7.26. The molecule has 0 bridgehead atoms. The highest BCUT2D eigenvalue weighted by atomic mass is 19.4. The number of carbonyl (C=O) groups is 2. The molecule has 0 unspecified atom stereocenters. The first-order valence-electron chi connectivity index (χ1n) is 4.19. The molecule has 1 rings (SSSR count). The van der Waals surface area contributed by atoms with Crippen molar-refractivity contribution >= 4 is 11.8 Å². The Bertz CT molecular complexity index is 237. The molecule has 0 atom stereocenters. The van der Waals surface area contributed by atoms with E-state index in [1.54, 1.807) is 0 Å². The van der Waals surface area contributed by atoms with Gasteiger partial charge in [-0.1, -0.05) is 0 Å². The van der Waals surface area contributed by atoms with Crippen LogP contribution in [-0.4, -0.2) is 24.0 Å². The van der Waals surface area contributed by atoms with E-state index in [9.17, 15) is 22.8 Å². The van der Waals surface area contributed by atoms with Gasteiger partial charge < -0.3 is 4.74 Å². The molecule has 1 aliphatic rings. The SMILES string of the molecule is O=C1CCC(OC(=O)C(F)(F)F)CC1. The van der Waals surface area contributed by atoms with Gasteiger partial charge in [-0.05, 0) is 12.8 Å². The lowest BCUT2D eigenvalue weighted by molar-refractivity contribution is -0.206. The number of hydrogen-bond donors (Lipinski definition) is 0. The first-order chi connectivity index (χ1) is 6.39. The molecule has 0 heterocycles. The number of carbonyl (C=O) groups excluding carboxylic acids is 2. The normalized spacial score (nSPS) is 19.5. The maximum Gasteiger partial charge on any atom is 0.490 e. The van der Waals surface area contributed by atoms with Crippen molar-refractivity contribution < 1.29 is 27.5 Å². The summed E-state index contributed by atoms with van der Waals surface area (Å²) in [6, 6.07) is 0. The highest BCUT2D eigenvalue weighted by Gasteiger charge is 2.42. The largest absolute Gasteiger partial charge is 0.490 e. The number of alkyl halides is 3. The fourth-order valence-electron chi connectivity index (χ4n) is 1.25. The van der Waals surface area contributed by atoms with Gasteiger partial charge in [-0.2, -0.15) is 13.2 Å². The summed E-state index contributed by atoms with van der Waals surface area (Å²) in [5.74, 6) is -2.17. The van der Waals surface area contributed by atoms with E-state index in [0.29, 0.717) is 0 Å². The molecular formula is C8H9F3O3. The van der Waals surface area contributed by atoms with Gasteiger partial charge in [0.2, 0.25) is 0 Å². The zero-order chi connectivity index (χ0) is 10.8. The monoisotopic (exact) mass is 210 g/mol. The van der Waals surface area contributed by atoms with E-state index in [1.165, 1.54) is 0 Å². The Morgan fingerprint density at radius 1 is 1.29 bits per heavy atom. The quantitative estimate of drug-likeness (QED) is 0.617. The van der Waals surface area contributed by atoms with Crippen molar-refractivity contribution in [1.82, 2.24) is 0 Å². The zero-order valence-corrected chi connectivity index (χ0v) is 7.26. The minimum Gasteiger partial charge on any atom is -0.456 e. The number of ketones is 1. The summed E-state index contributed by atoms with van der Waals surface area (Å²) in [4.78, 5) is 21.1. The van der Waals surface area contributed by atoms with E-state index in [4.69, 9.17) is 0 Å². The standard InChI is InChI=1S/C8H9F3O3/c9-8(10,11)7(13)14-6-3-1-5(12)2-4-6/h6H,1-4H2. The van der Waals surface area contributed by atoms with Gasteiger partial charge in [0, 0.05) is 12.8 Å². The summed E-state index contributed by atoms with van der Waals surface area (Å²) in [6.07, 6.45) is -4.93. The molecule has 1 saturated carbocycles. The van der Waals surface area contributed by atoms with Gasteiger partial charge in [-0.25, -0.2) is 4.79 Å². The van der Waals surface area contributed by atoms with Crippen molar-refractivity contribution in [2.24, 2.45) is 0 Å². The summed E-state index contributed by atoms with van der Waals surface area (Å²) < 4.78 is 39.4. The van der Waals surface area contributed by atoms with Crippen LogP contribution >= 0.6 is 0 Å². The lowest BCUT2D eigenvalue weighted by atomic mass is 9.96. The number of ether oxygens (including phenoxy) is 1. The Morgan fingerprint density at radius 2 is 1.79 bits per heavy atom. The maximum atomic E-state index is 11.7. The predicted octanol–water partition coefficient (Wildman–Crippen LogP) is 1.60. The highest BCUT2D eigenvalue weighted by molar-refractivity contribution is 5.79. The van der Waals surface area contributed by atoms with E-state index >= 15 is 0 Å². The smallest absolute Gasteiger partial charge is 0.456 e. The van der Waals surface area contributed by atoms with Crippen LogP contribution in [0.15, 0.2) is 0 Å². The molecule has 0 spiro atoms. The average molecular weight is 210 g/mol. The summed E-state index contributed by atoms with van der Waals surface area (Å²) >= 11 is 0. The van der Waals surface area contributed by atoms with Crippen LogP contribution in [0.5, 0.6) is 0 Å². The van der Waals surface area contributed by atoms with Crippen LogP contribution in [-0.2, 0) is 14.3 Å². The lowest BCUT2D eigenvalue weighted by Gasteiger charge is -2.21. The molecule has 14 heavy (non-hydrogen) atoms. The molecule has 1 aliphatic carbocycles. The second-order valence-electron chi connectivity index (χ2n) is 3.14. The minimum absolute atomic E-state index is 0.00399. The van der Waals surface area contributed by atoms with Crippen molar-refractivity contribution in [3.05, 3.63) is 0 Å². The number of hydrogen-bond acceptors (Lipinski definition) is 3. The van der Waals surface area contributed by atoms with Crippen LogP contribution < -0.4 is 0 Å². The van der Waals surface area contributed by atoms with Crippen molar-refractivity contribution in [3.8, 4) is 0 Å². The third-order valence-corrected chi connectivity index (χ3v) is 2.00. The van der Waals surface area contributed by atoms with Gasteiger partial charge >= 0.3 is 12.1 Å². The average Bonchev–Trinajstić information content (AvgIpc) is 2.07. The second-order valence-corrected chi connectivity index (χ2v) is 3.14. The fourth-order valence-corrected chi connectivity index (χ4v) is 1.25. The molecular weight excluding hydrogens is 201 g/mol. The topological polar surface area (TPSA) is 43.4 Å². The van der Waals surface area contributed by atoms with Gasteiger partial charge in [-0.15, -0.1) is 0 Å². The van der Waals surface area contributed by atoms with Crippen LogP contribution in [0, 0.1) is 0 Å². The second kappa shape index (κ2) is 3.98. The van der Waals surface area contributed by atoms with E-state index < -0.39 is 18.2 Å². The Morgan fingerprint density at radius 3 is 2.21 bits per heavy atom. The molecule has 0 radical (unpaired) electrons. The van der Waals surface area contributed by atoms with Crippen LogP contribution in [0.4, 0.5) is 13.2 Å². The molecule has 1 fully saturated rings. The summed E-state index contributed by atoms with van der Waals surface area (Å²) in [5.41, 5.74) is 0. The first kappa shape index (κ1) is 11.0. The van der Waals surface area contributed by atoms with E-state index in [0.717, 1.165) is 0 Å². The van der Waals surface area contributed by atoms with E-state index in [2.05, 4.69) is 4.74 Å². The van der Waals surface area contributed by atoms with E-state index in [-0.39, 0.29) is 31.5 Å². The molecule has 80 valence electrons. The number of esters is 1. The summed E-state index contributed by atoms with van der Waals surface area (Å²) in [5, 5.41) is 0. The lowest BCUT2D eigenvalue weighted by Crippen LogP contribution is -2.32. The van der Waals surface area contributed by atoms with Gasteiger partial charge in [0.1, 0.15) is 11.9 Å². The third kappa shape index (κ3) is 3.01. The number of rotatable bonds is 1. The molecule has 0 N–H and O–H groups in total. The maximum absolute atomic E-state index is 11.7. The van der Waals surface area contributed by atoms with Crippen molar-refractivity contribution in [1.29, 1.82) is 0 Å². The predicted molar refractivity (Wildman–Crippen MR) is 39.4 cm³/mol. The van der Waals surface area contributed by atoms with Gasteiger partial charge in [-0.3, -0.25) is 4.79 Å². The molecule has 0 saturated heterocycles. The third-order valence-electron chi connectivity index (χ3n) is 2.00. The molecule has 3 nitrogen and oxygen atoms in total. The fraction of sp³-hybridized carbons (Fsp3) is 0.750. The van der Waals surface area contributed by atoms with Crippen molar-refractivity contribution in [2.45, 2.75) is 38.0 Å². The summed E-state index contributed by atoms with van der Waals surface area (Å²) in [7, 11) is 0. The molecule has 0 aromatic rings. The molecule has 0 aliphatic heterocycles. The van der Waals surface area contributed by atoms with Crippen LogP contribution in [0.2, 0.25) is 0 Å². The van der Waals surface area contributed by atoms with Gasteiger partial charge in [0.25, 0.3) is 0 Å². The van der Waals surface area contributed by atoms with Gasteiger partial charge in [0.05, 0.1) is 0 Å². The van der Waals surface area contributed by atoms with Crippen LogP contribution in [0.1, 0.15) is 25.7 Å². The Kier molecular flexibility index (Phi) is 3.13. The Balaban J connectivity index is 2.38. The molecule has 0 aromatic carbocycles. The van der Waals surface area contributed by atoms with Gasteiger partial charge in [0.15, 0.2) is 0 Å². The molecule has 0 aromatic heterocycles. The first-order valence-corrected chi connectivity index (χ1v) is 4.19.